The van der Waals surface area contributed by atoms with Gasteiger partial charge in [-0.05, 0) is 69.9 Å². The molecule has 4 aliphatic rings. The number of hydrogen-bond acceptors (Lipinski definition) is 9. The molecule has 56 heavy (non-hydrogen) atoms. The maximum Gasteiger partial charge on any atom is 0.330 e. The van der Waals surface area contributed by atoms with Gasteiger partial charge < -0.3 is 19.7 Å². The van der Waals surface area contributed by atoms with E-state index in [0.29, 0.717) is 29.6 Å². The van der Waals surface area contributed by atoms with Crippen LogP contribution in [0.2, 0.25) is 0 Å². The Balaban J connectivity index is 0.000000235. The van der Waals surface area contributed by atoms with Gasteiger partial charge in [0, 0.05) is 72.4 Å². The Labute approximate surface area is 324 Å². The second-order valence-electron chi connectivity index (χ2n) is 16.1. The molecule has 3 N–H and O–H groups in total. The Hall–Kier alpha value is -4.44. The van der Waals surface area contributed by atoms with Crippen molar-refractivity contribution in [3.63, 3.8) is 0 Å². The fraction of sp³-hybridized carbons (Fsp3) is 0.667. The number of amides is 1. The topological polar surface area (TPSA) is 196 Å². The fourth-order valence-corrected chi connectivity index (χ4v) is 8.97. The molecule has 5 heterocycles. The maximum atomic E-state index is 13.6. The predicted molar refractivity (Wildman–Crippen MR) is 204 cm³/mol. The molecule has 0 radical (unpaired) electrons. The number of azide groups is 1. The van der Waals surface area contributed by atoms with Gasteiger partial charge in [-0.1, -0.05) is 49.3 Å². The van der Waals surface area contributed by atoms with E-state index in [0.717, 1.165) is 43.0 Å². The van der Waals surface area contributed by atoms with Crippen LogP contribution in [0, 0.1) is 19.8 Å². The number of benzene rings is 1. The van der Waals surface area contributed by atoms with Crippen molar-refractivity contribution in [1.29, 1.82) is 0 Å². The van der Waals surface area contributed by atoms with Crippen molar-refractivity contribution in [2.75, 3.05) is 13.2 Å². The molecule has 4 fully saturated rings. The number of rotatable bonds is 11. The molecule has 0 spiro atoms. The van der Waals surface area contributed by atoms with Gasteiger partial charge >= 0.3 is 5.69 Å². The number of carbonyl (C=O) groups is 1. The van der Waals surface area contributed by atoms with Crippen LogP contribution in [0.5, 0.6) is 0 Å². The van der Waals surface area contributed by atoms with Gasteiger partial charge in [0.2, 0.25) is 11.8 Å². The average molecular weight is 781 g/mol. The molecule has 2 bridgehead atoms. The van der Waals surface area contributed by atoms with E-state index in [-0.39, 0.29) is 56.6 Å². The third-order valence-electron chi connectivity index (χ3n) is 12.0. The summed E-state index contributed by atoms with van der Waals surface area (Å²) >= 11 is 0. The third-order valence-corrected chi connectivity index (χ3v) is 12.0. The standard InChI is InChI=1S/C29H41F2N5O.C10H13N5O4/c1-19(2)27-34-33-20(3)36(27)25-17-23-9-10-24(18-25)35(23)16-13-26(21-7-5-4-6-8-21)32-28(37)22-11-14-29(30,31)15-12-22;1-5-3-15(10(18)12-9(5)17)8-2-6(13-14-11)7(4-16)19-8/h4-8,19,22-26H,9-18H2,1-3H3,(H,32,37);3,6-8,16H,2,4H2,1H3,(H,12,17,18)/t23-,24+,25?,26-;6-,7+,8+/m00/s1. The zero-order chi connectivity index (χ0) is 40.1. The van der Waals surface area contributed by atoms with Crippen LogP contribution in [0.15, 0.2) is 51.2 Å². The first-order valence-corrected chi connectivity index (χ1v) is 19.8. The Bertz CT molecular complexity index is 1960. The Morgan fingerprint density at radius 3 is 2.38 bits per heavy atom. The number of H-pyrrole nitrogens is 1. The minimum absolute atomic E-state index is 0.0738. The van der Waals surface area contributed by atoms with Crippen LogP contribution < -0.4 is 16.6 Å². The number of aryl methyl sites for hydroxylation is 2. The number of ether oxygens (including phenoxy) is 1. The van der Waals surface area contributed by atoms with E-state index in [1.165, 1.54) is 23.6 Å². The molecule has 3 aliphatic heterocycles. The summed E-state index contributed by atoms with van der Waals surface area (Å²) in [5, 5.41) is 24.8. The van der Waals surface area contributed by atoms with Gasteiger partial charge in [0.15, 0.2) is 0 Å². The van der Waals surface area contributed by atoms with Gasteiger partial charge in [0.1, 0.15) is 17.9 Å². The first-order valence-electron chi connectivity index (χ1n) is 19.8. The number of aliphatic hydroxyl groups excluding tert-OH is 1. The van der Waals surface area contributed by atoms with E-state index < -0.39 is 35.5 Å². The lowest BCUT2D eigenvalue weighted by Crippen LogP contribution is -2.45. The van der Waals surface area contributed by atoms with Gasteiger partial charge in [0.25, 0.3) is 5.56 Å². The number of nitrogens with one attached hydrogen (secondary N) is 2. The molecule has 3 saturated heterocycles. The Morgan fingerprint density at radius 2 is 1.75 bits per heavy atom. The van der Waals surface area contributed by atoms with Crippen LogP contribution >= 0.6 is 0 Å². The van der Waals surface area contributed by atoms with E-state index in [2.05, 4.69) is 72.9 Å². The van der Waals surface area contributed by atoms with Crippen molar-refractivity contribution in [2.45, 2.75) is 146 Å². The van der Waals surface area contributed by atoms with Crippen molar-refractivity contribution in [3.8, 4) is 0 Å². The summed E-state index contributed by atoms with van der Waals surface area (Å²) in [6.45, 7) is 8.60. The van der Waals surface area contributed by atoms with Crippen LogP contribution in [-0.4, -0.2) is 83.5 Å². The summed E-state index contributed by atoms with van der Waals surface area (Å²) in [6, 6.07) is 10.9. The van der Waals surface area contributed by atoms with Crippen molar-refractivity contribution in [2.24, 2.45) is 11.0 Å². The molecule has 7 atom stereocenters. The van der Waals surface area contributed by atoms with Crippen molar-refractivity contribution in [1.82, 2.24) is 34.5 Å². The number of fused-ring (bicyclic) bond motifs is 2. The monoisotopic (exact) mass is 780 g/mol. The van der Waals surface area contributed by atoms with Crippen LogP contribution in [-0.2, 0) is 9.53 Å². The fourth-order valence-electron chi connectivity index (χ4n) is 8.97. The molecule has 15 nitrogen and oxygen atoms in total. The Morgan fingerprint density at radius 1 is 1.07 bits per heavy atom. The quantitative estimate of drug-likeness (QED) is 0.124. The van der Waals surface area contributed by atoms with E-state index in [1.54, 1.807) is 6.92 Å². The molecule has 7 rings (SSSR count). The lowest BCUT2D eigenvalue weighted by atomic mass is 9.86. The lowest BCUT2D eigenvalue weighted by Gasteiger charge is -2.40. The molecular formula is C39H54F2N10O5. The highest BCUT2D eigenvalue weighted by Gasteiger charge is 2.43. The molecule has 1 amide bonds. The minimum Gasteiger partial charge on any atom is -0.394 e. The summed E-state index contributed by atoms with van der Waals surface area (Å²) in [4.78, 5) is 43.6. The molecule has 1 saturated carbocycles. The molecule has 304 valence electrons. The lowest BCUT2D eigenvalue weighted by molar-refractivity contribution is -0.130. The van der Waals surface area contributed by atoms with E-state index in [4.69, 9.17) is 15.4 Å². The number of aromatic amines is 1. The van der Waals surface area contributed by atoms with Crippen LogP contribution in [0.25, 0.3) is 10.4 Å². The van der Waals surface area contributed by atoms with Gasteiger partial charge in [0.05, 0.1) is 24.8 Å². The number of piperidine rings is 1. The van der Waals surface area contributed by atoms with Crippen molar-refractivity contribution in [3.05, 3.63) is 90.6 Å². The van der Waals surface area contributed by atoms with Gasteiger partial charge in [-0.15, -0.1) is 10.2 Å². The summed E-state index contributed by atoms with van der Waals surface area (Å²) < 4.78 is 36.3. The van der Waals surface area contributed by atoms with E-state index >= 15 is 0 Å². The summed E-state index contributed by atoms with van der Waals surface area (Å²) in [5.74, 6) is -0.572. The highest BCUT2D eigenvalue weighted by atomic mass is 19.3. The molecule has 3 aromatic rings. The number of aromatic nitrogens is 5. The summed E-state index contributed by atoms with van der Waals surface area (Å²) in [6.07, 6.45) is 5.91. The number of aliphatic hydroxyl groups is 1. The highest BCUT2D eigenvalue weighted by molar-refractivity contribution is 5.79. The normalized spacial score (nSPS) is 26.6. The molecule has 17 heteroatoms. The zero-order valence-corrected chi connectivity index (χ0v) is 32.6. The molecule has 2 aromatic heterocycles. The first kappa shape index (κ1) is 41.2. The van der Waals surface area contributed by atoms with Crippen LogP contribution in [0.4, 0.5) is 8.78 Å². The smallest absolute Gasteiger partial charge is 0.330 e. The van der Waals surface area contributed by atoms with Crippen LogP contribution in [0.1, 0.15) is 125 Å². The van der Waals surface area contributed by atoms with Gasteiger partial charge in [-0.2, -0.15) is 0 Å². The second kappa shape index (κ2) is 17.8. The molecule has 1 aliphatic carbocycles. The van der Waals surface area contributed by atoms with Gasteiger partial charge in [-0.3, -0.25) is 24.0 Å². The van der Waals surface area contributed by atoms with Crippen molar-refractivity contribution < 1.29 is 23.4 Å². The third kappa shape index (κ3) is 9.39. The van der Waals surface area contributed by atoms with Crippen molar-refractivity contribution >= 4 is 5.91 Å². The molecular weight excluding hydrogens is 726 g/mol. The number of alkyl halides is 2. The summed E-state index contributed by atoms with van der Waals surface area (Å²) in [7, 11) is 0. The number of nitrogens with zero attached hydrogens (tertiary/aromatic N) is 8. The van der Waals surface area contributed by atoms with E-state index in [9.17, 15) is 23.2 Å². The number of halogens is 2. The first-order chi connectivity index (χ1) is 26.8. The van der Waals surface area contributed by atoms with Gasteiger partial charge in [-0.25, -0.2) is 13.6 Å². The largest absolute Gasteiger partial charge is 0.394 e. The molecule has 1 aromatic carbocycles. The maximum absolute atomic E-state index is 13.6. The molecule has 1 unspecified atom stereocenters. The second-order valence-corrected chi connectivity index (χ2v) is 16.1. The average Bonchev–Trinajstić information content (AvgIpc) is 3.84. The SMILES string of the molecule is Cc1cn([C@H]2C[C@H](N=[N+]=[N-])[C@@H](CO)O2)c(=O)[nH]c1=O.Cc1nnc(C(C)C)n1C1C[C@H]2CC[C@@H](C1)N2CC[C@H](NC(=O)C1CCC(F)(F)CC1)c1ccccc1. The summed E-state index contributed by atoms with van der Waals surface area (Å²) in [5.41, 5.74) is 8.84. The number of hydrogen-bond donors (Lipinski definition) is 3. The van der Waals surface area contributed by atoms with E-state index in [1.807, 2.05) is 18.2 Å². The minimum atomic E-state index is -2.62. The zero-order valence-electron chi connectivity index (χ0n) is 32.6. The number of carbonyl (C=O) groups excluding carboxylic acids is 1. The highest BCUT2D eigenvalue weighted by Crippen LogP contribution is 2.43. The Kier molecular flexibility index (Phi) is 13.1. The van der Waals surface area contributed by atoms with Crippen LogP contribution in [0.3, 0.4) is 0 Å². The predicted octanol–water partition coefficient (Wildman–Crippen LogP) is 5.75.